The summed E-state index contributed by atoms with van der Waals surface area (Å²) < 4.78 is 5.49. The molecule has 1 aromatic rings. The molecule has 0 bridgehead atoms. The fourth-order valence-corrected chi connectivity index (χ4v) is 3.93. The van der Waals surface area contributed by atoms with Crippen LogP contribution in [0.25, 0.3) is 0 Å². The van der Waals surface area contributed by atoms with Crippen LogP contribution in [0, 0.1) is 0 Å². The van der Waals surface area contributed by atoms with Crippen LogP contribution in [0.15, 0.2) is 6.20 Å². The van der Waals surface area contributed by atoms with Crippen LogP contribution in [-0.2, 0) is 11.3 Å². The smallest absolute Gasteiger partial charge is 0.276 e. The van der Waals surface area contributed by atoms with Gasteiger partial charge in [-0.2, -0.15) is 9.90 Å². The summed E-state index contributed by atoms with van der Waals surface area (Å²) in [5.74, 6) is -0.0240. The van der Waals surface area contributed by atoms with Crippen LogP contribution in [0.2, 0.25) is 0 Å². The fourth-order valence-electron chi connectivity index (χ4n) is 3.93. The predicted molar refractivity (Wildman–Crippen MR) is 86.2 cm³/mol. The molecule has 1 aliphatic carbocycles. The summed E-state index contributed by atoms with van der Waals surface area (Å²) in [6.07, 6.45) is 6.37. The van der Waals surface area contributed by atoms with Crippen molar-refractivity contribution in [3.63, 3.8) is 0 Å². The molecule has 3 rings (SSSR count). The summed E-state index contributed by atoms with van der Waals surface area (Å²) in [6, 6.07) is 0.690. The number of likely N-dealkylation sites (tertiary alicyclic amines) is 1. The number of carbonyl (C=O) groups is 1. The summed E-state index contributed by atoms with van der Waals surface area (Å²) >= 11 is 0. The Hall–Kier alpha value is -1.47. The van der Waals surface area contributed by atoms with Crippen LogP contribution in [-0.4, -0.2) is 76.1 Å². The third-order valence-corrected chi connectivity index (χ3v) is 5.28. The van der Waals surface area contributed by atoms with Gasteiger partial charge in [0.25, 0.3) is 5.91 Å². The van der Waals surface area contributed by atoms with E-state index in [-0.39, 0.29) is 11.9 Å². The van der Waals surface area contributed by atoms with Gasteiger partial charge in [-0.3, -0.25) is 9.69 Å². The Balaban J connectivity index is 1.68. The highest BCUT2D eigenvalue weighted by Crippen LogP contribution is 2.31. The van der Waals surface area contributed by atoms with Crippen molar-refractivity contribution < 1.29 is 9.53 Å². The molecule has 0 spiro atoms. The highest BCUT2D eigenvalue weighted by molar-refractivity contribution is 5.92. The Bertz CT molecular complexity index is 546. The Labute approximate surface area is 137 Å². The second-order valence-corrected chi connectivity index (χ2v) is 6.54. The van der Waals surface area contributed by atoms with Crippen molar-refractivity contribution in [1.82, 2.24) is 24.8 Å². The van der Waals surface area contributed by atoms with E-state index in [0.29, 0.717) is 24.4 Å². The fraction of sp³-hybridized carbons (Fsp3) is 0.812. The number of aromatic nitrogens is 3. The zero-order chi connectivity index (χ0) is 16.4. The number of hydrogen-bond donors (Lipinski definition) is 0. The summed E-state index contributed by atoms with van der Waals surface area (Å²) in [6.45, 7) is 4.68. The normalized spacial score (nSPS) is 28.4. The average Bonchev–Trinajstić information content (AvgIpc) is 3.32. The van der Waals surface area contributed by atoms with Crippen molar-refractivity contribution in [3.05, 3.63) is 11.9 Å². The zero-order valence-electron chi connectivity index (χ0n) is 14.3. The maximum absolute atomic E-state index is 12.7. The van der Waals surface area contributed by atoms with E-state index in [1.807, 2.05) is 18.9 Å². The molecular weight excluding hydrogens is 294 g/mol. The van der Waals surface area contributed by atoms with Crippen LogP contribution < -0.4 is 0 Å². The Morgan fingerprint density at radius 2 is 2.26 bits per heavy atom. The number of rotatable bonds is 5. The molecule has 1 aromatic heterocycles. The number of ether oxygens (including phenoxy) is 1. The topological polar surface area (TPSA) is 63.5 Å². The molecule has 3 atom stereocenters. The molecule has 0 radical (unpaired) electrons. The molecule has 1 saturated heterocycles. The van der Waals surface area contributed by atoms with Gasteiger partial charge in [0.15, 0.2) is 5.69 Å². The lowest BCUT2D eigenvalue weighted by Crippen LogP contribution is -2.49. The maximum atomic E-state index is 12.7. The Morgan fingerprint density at radius 1 is 1.43 bits per heavy atom. The molecule has 1 aliphatic heterocycles. The minimum absolute atomic E-state index is 0.0240. The van der Waals surface area contributed by atoms with E-state index in [1.54, 1.807) is 18.1 Å². The molecule has 2 heterocycles. The summed E-state index contributed by atoms with van der Waals surface area (Å²) in [5, 5.41) is 8.36. The van der Waals surface area contributed by atoms with E-state index in [2.05, 4.69) is 15.1 Å². The van der Waals surface area contributed by atoms with E-state index in [1.165, 1.54) is 6.42 Å². The standard InChI is InChI=1S/C16H27N5O2/c1-4-21-17-10-13(18-21)16(22)19(2)14-6-5-7-15(14)20-9-8-12(11-20)23-3/h10,12,14-15H,4-9,11H2,1-3H3/t12?,14-,15+/m1/s1. The van der Waals surface area contributed by atoms with Crippen molar-refractivity contribution in [1.29, 1.82) is 0 Å². The molecule has 0 N–H and O–H groups in total. The van der Waals surface area contributed by atoms with Crippen molar-refractivity contribution >= 4 is 5.91 Å². The van der Waals surface area contributed by atoms with Gasteiger partial charge in [-0.1, -0.05) is 0 Å². The van der Waals surface area contributed by atoms with Gasteiger partial charge >= 0.3 is 0 Å². The van der Waals surface area contributed by atoms with E-state index < -0.39 is 0 Å². The van der Waals surface area contributed by atoms with Gasteiger partial charge in [0.05, 0.1) is 18.8 Å². The van der Waals surface area contributed by atoms with Crippen molar-refractivity contribution in [3.8, 4) is 0 Å². The lowest BCUT2D eigenvalue weighted by Gasteiger charge is -2.34. The van der Waals surface area contributed by atoms with Crippen molar-refractivity contribution in [2.45, 2.75) is 57.3 Å². The van der Waals surface area contributed by atoms with Gasteiger partial charge in [0.1, 0.15) is 0 Å². The van der Waals surface area contributed by atoms with E-state index in [0.717, 1.165) is 32.4 Å². The van der Waals surface area contributed by atoms with Gasteiger partial charge in [-0.05, 0) is 32.6 Å². The molecule has 23 heavy (non-hydrogen) atoms. The van der Waals surface area contributed by atoms with Crippen LogP contribution in [0.1, 0.15) is 43.1 Å². The maximum Gasteiger partial charge on any atom is 0.276 e. The zero-order valence-corrected chi connectivity index (χ0v) is 14.3. The molecule has 1 unspecified atom stereocenters. The number of aryl methyl sites for hydroxylation is 1. The first-order valence-corrected chi connectivity index (χ1v) is 8.58. The number of methoxy groups -OCH3 is 1. The molecule has 2 aliphatic rings. The van der Waals surface area contributed by atoms with Gasteiger partial charge in [0, 0.05) is 39.3 Å². The average molecular weight is 321 g/mol. The molecule has 0 aromatic carbocycles. The largest absolute Gasteiger partial charge is 0.380 e. The molecule has 7 heteroatoms. The van der Waals surface area contributed by atoms with Gasteiger partial charge in [-0.25, -0.2) is 0 Å². The lowest BCUT2D eigenvalue weighted by atomic mass is 10.1. The van der Waals surface area contributed by atoms with Crippen LogP contribution >= 0.6 is 0 Å². The second-order valence-electron chi connectivity index (χ2n) is 6.54. The first-order valence-electron chi connectivity index (χ1n) is 8.58. The van der Waals surface area contributed by atoms with Gasteiger partial charge in [-0.15, -0.1) is 5.10 Å². The first kappa shape index (κ1) is 16.4. The SMILES string of the molecule is CCn1ncc(C(=O)N(C)[C@@H]2CCC[C@@H]2N2CCC(OC)C2)n1. The monoisotopic (exact) mass is 321 g/mol. The van der Waals surface area contributed by atoms with Gasteiger partial charge < -0.3 is 9.64 Å². The van der Waals surface area contributed by atoms with Crippen molar-refractivity contribution in [2.75, 3.05) is 27.2 Å². The third kappa shape index (κ3) is 3.26. The molecular formula is C16H27N5O2. The molecule has 1 amide bonds. The molecule has 2 fully saturated rings. The second kappa shape index (κ2) is 6.97. The highest BCUT2D eigenvalue weighted by atomic mass is 16.5. The molecule has 128 valence electrons. The Morgan fingerprint density at radius 3 is 2.91 bits per heavy atom. The Kier molecular flexibility index (Phi) is 4.96. The van der Waals surface area contributed by atoms with Crippen LogP contribution in [0.4, 0.5) is 0 Å². The van der Waals surface area contributed by atoms with E-state index in [4.69, 9.17) is 4.74 Å². The number of amides is 1. The van der Waals surface area contributed by atoms with E-state index in [9.17, 15) is 4.79 Å². The molecule has 7 nitrogen and oxygen atoms in total. The minimum atomic E-state index is -0.0240. The quantitative estimate of drug-likeness (QED) is 0.810. The number of likely N-dealkylation sites (N-methyl/N-ethyl adjacent to an activating group) is 1. The predicted octanol–water partition coefficient (Wildman–Crippen LogP) is 1.01. The van der Waals surface area contributed by atoms with Crippen LogP contribution in [0.3, 0.4) is 0 Å². The number of hydrogen-bond acceptors (Lipinski definition) is 5. The van der Waals surface area contributed by atoms with Crippen molar-refractivity contribution in [2.24, 2.45) is 0 Å². The number of carbonyl (C=O) groups excluding carboxylic acids is 1. The summed E-state index contributed by atoms with van der Waals surface area (Å²) in [5.41, 5.74) is 0.441. The lowest BCUT2D eigenvalue weighted by molar-refractivity contribution is 0.0599. The highest BCUT2D eigenvalue weighted by Gasteiger charge is 2.39. The van der Waals surface area contributed by atoms with Crippen LogP contribution in [0.5, 0.6) is 0 Å². The van der Waals surface area contributed by atoms with E-state index >= 15 is 0 Å². The molecule has 1 saturated carbocycles. The summed E-state index contributed by atoms with van der Waals surface area (Å²) in [4.78, 5) is 18.6. The number of nitrogens with zero attached hydrogens (tertiary/aromatic N) is 5. The third-order valence-electron chi connectivity index (χ3n) is 5.28. The van der Waals surface area contributed by atoms with Gasteiger partial charge in [0.2, 0.25) is 0 Å². The summed E-state index contributed by atoms with van der Waals surface area (Å²) in [7, 11) is 3.69. The minimum Gasteiger partial charge on any atom is -0.380 e. The first-order chi connectivity index (χ1) is 11.1.